The van der Waals surface area contributed by atoms with Crippen molar-refractivity contribution in [2.24, 2.45) is 5.92 Å². The first-order valence-electron chi connectivity index (χ1n) is 11.4. The van der Waals surface area contributed by atoms with Gasteiger partial charge in [0, 0.05) is 42.6 Å². The van der Waals surface area contributed by atoms with Crippen molar-refractivity contribution in [1.82, 2.24) is 5.32 Å². The molecule has 1 saturated heterocycles. The van der Waals surface area contributed by atoms with Gasteiger partial charge in [0.15, 0.2) is 0 Å². The van der Waals surface area contributed by atoms with Crippen LogP contribution in [0.4, 0.5) is 11.4 Å². The lowest BCUT2D eigenvalue weighted by molar-refractivity contribution is -0.125. The number of carbonyl (C=O) groups is 1. The summed E-state index contributed by atoms with van der Waals surface area (Å²) in [5.74, 6) is 0.0826. The van der Waals surface area contributed by atoms with Crippen molar-refractivity contribution in [3.8, 4) is 0 Å². The summed E-state index contributed by atoms with van der Waals surface area (Å²) in [6.45, 7) is 3.31. The predicted octanol–water partition coefficient (Wildman–Crippen LogP) is 4.57. The molecule has 0 spiro atoms. The molecule has 0 saturated carbocycles. The highest BCUT2D eigenvalue weighted by atomic mass is 35.5. The number of fused-ring (bicyclic) bond motifs is 3. The minimum atomic E-state index is -0.0734. The lowest BCUT2D eigenvalue weighted by atomic mass is 9.83. The van der Waals surface area contributed by atoms with Gasteiger partial charge in [0.1, 0.15) is 0 Å². The van der Waals surface area contributed by atoms with Crippen LogP contribution in [0, 0.1) is 5.92 Å². The molecule has 3 aromatic carbocycles. The minimum Gasteiger partial charge on any atom is -0.368 e. The summed E-state index contributed by atoms with van der Waals surface area (Å²) in [5, 5.41) is 3.97. The molecule has 0 aliphatic carbocycles. The number of piperazine rings is 1. The molecule has 2 heterocycles. The number of hydrogen-bond acceptors (Lipinski definition) is 3. The fourth-order valence-electron chi connectivity index (χ4n) is 5.05. The Labute approximate surface area is 194 Å². The molecule has 1 fully saturated rings. The molecule has 0 radical (unpaired) electrons. The van der Waals surface area contributed by atoms with Gasteiger partial charge in [-0.2, -0.15) is 0 Å². The Kier molecular flexibility index (Phi) is 6.04. The summed E-state index contributed by atoms with van der Waals surface area (Å²) in [5.41, 5.74) is 4.96. The average molecular weight is 446 g/mol. The summed E-state index contributed by atoms with van der Waals surface area (Å²) >= 11 is 6.10. The van der Waals surface area contributed by atoms with Crippen molar-refractivity contribution in [2.45, 2.75) is 18.9 Å². The van der Waals surface area contributed by atoms with E-state index in [0.717, 1.165) is 43.2 Å². The standard InChI is InChI=1S/C27H28ClN3O/c28-22-10-12-23(13-11-22)30-16-17-31-25-9-5-4-8-21(25)18-24(26(31)19-30)27(32)29-15-14-20-6-2-1-3-7-20/h1-13,24,26H,14-19H2,(H,29,32). The molecule has 0 bridgehead atoms. The molecule has 2 aliphatic heterocycles. The number of nitrogens with one attached hydrogen (secondary N) is 1. The molecule has 3 aromatic rings. The van der Waals surface area contributed by atoms with E-state index in [1.165, 1.54) is 16.8 Å². The van der Waals surface area contributed by atoms with Crippen molar-refractivity contribution in [3.63, 3.8) is 0 Å². The highest BCUT2D eigenvalue weighted by Crippen LogP contribution is 2.37. The van der Waals surface area contributed by atoms with E-state index in [4.69, 9.17) is 11.6 Å². The summed E-state index contributed by atoms with van der Waals surface area (Å²) < 4.78 is 0. The maximum Gasteiger partial charge on any atom is 0.225 e. The van der Waals surface area contributed by atoms with Gasteiger partial charge in [-0.15, -0.1) is 0 Å². The van der Waals surface area contributed by atoms with Gasteiger partial charge in [-0.05, 0) is 54.3 Å². The highest BCUT2D eigenvalue weighted by Gasteiger charge is 2.41. The summed E-state index contributed by atoms with van der Waals surface area (Å²) in [7, 11) is 0. The molecular weight excluding hydrogens is 418 g/mol. The van der Waals surface area contributed by atoms with E-state index in [9.17, 15) is 4.79 Å². The number of benzene rings is 3. The molecule has 1 amide bonds. The Balaban J connectivity index is 1.34. The summed E-state index contributed by atoms with van der Waals surface area (Å²) in [6.07, 6.45) is 1.63. The van der Waals surface area contributed by atoms with Crippen molar-refractivity contribution in [2.75, 3.05) is 36.0 Å². The predicted molar refractivity (Wildman–Crippen MR) is 132 cm³/mol. The maximum absolute atomic E-state index is 13.4. The van der Waals surface area contributed by atoms with E-state index in [2.05, 4.69) is 63.6 Å². The molecule has 4 nitrogen and oxygen atoms in total. The van der Waals surface area contributed by atoms with Gasteiger partial charge in [0.05, 0.1) is 12.0 Å². The zero-order chi connectivity index (χ0) is 21.9. The summed E-state index contributed by atoms with van der Waals surface area (Å²) in [6, 6.07) is 27.0. The number of hydrogen-bond donors (Lipinski definition) is 1. The number of rotatable bonds is 5. The van der Waals surface area contributed by atoms with Crippen LogP contribution in [0.2, 0.25) is 5.02 Å². The molecule has 5 rings (SSSR count). The van der Waals surface area contributed by atoms with Crippen LogP contribution in [-0.2, 0) is 17.6 Å². The number of halogens is 1. The highest BCUT2D eigenvalue weighted by molar-refractivity contribution is 6.30. The lowest BCUT2D eigenvalue weighted by Crippen LogP contribution is -2.61. The van der Waals surface area contributed by atoms with Crippen molar-refractivity contribution in [3.05, 3.63) is 95.0 Å². The first kappa shape index (κ1) is 20.9. The smallest absolute Gasteiger partial charge is 0.225 e. The van der Waals surface area contributed by atoms with E-state index in [-0.39, 0.29) is 17.9 Å². The number of nitrogens with zero attached hydrogens (tertiary/aromatic N) is 2. The van der Waals surface area contributed by atoms with Gasteiger partial charge >= 0.3 is 0 Å². The molecule has 1 N–H and O–H groups in total. The second-order valence-electron chi connectivity index (χ2n) is 8.65. The number of amides is 1. The van der Waals surface area contributed by atoms with Gasteiger partial charge in [-0.3, -0.25) is 4.79 Å². The molecule has 5 heteroatoms. The Morgan fingerprint density at radius 3 is 2.50 bits per heavy atom. The van der Waals surface area contributed by atoms with E-state index in [0.29, 0.717) is 6.54 Å². The van der Waals surface area contributed by atoms with Gasteiger partial charge in [0.25, 0.3) is 0 Å². The fourth-order valence-corrected chi connectivity index (χ4v) is 5.18. The molecule has 164 valence electrons. The van der Waals surface area contributed by atoms with Crippen LogP contribution in [0.1, 0.15) is 11.1 Å². The third-order valence-electron chi connectivity index (χ3n) is 6.71. The van der Waals surface area contributed by atoms with Crippen molar-refractivity contribution in [1.29, 1.82) is 0 Å². The molecule has 2 atom stereocenters. The van der Waals surface area contributed by atoms with Crippen LogP contribution < -0.4 is 15.1 Å². The first-order chi connectivity index (χ1) is 15.7. The monoisotopic (exact) mass is 445 g/mol. The van der Waals surface area contributed by atoms with E-state index in [1.54, 1.807) is 0 Å². The molecule has 32 heavy (non-hydrogen) atoms. The second-order valence-corrected chi connectivity index (χ2v) is 9.09. The van der Waals surface area contributed by atoms with E-state index >= 15 is 0 Å². The van der Waals surface area contributed by atoms with Gasteiger partial charge in [0.2, 0.25) is 5.91 Å². The van der Waals surface area contributed by atoms with Crippen LogP contribution in [0.15, 0.2) is 78.9 Å². The quantitative estimate of drug-likeness (QED) is 0.625. The van der Waals surface area contributed by atoms with Crippen molar-refractivity contribution >= 4 is 28.9 Å². The molecule has 2 aliphatic rings. The van der Waals surface area contributed by atoms with Crippen molar-refractivity contribution < 1.29 is 4.79 Å². The van der Waals surface area contributed by atoms with E-state index < -0.39 is 0 Å². The Bertz CT molecular complexity index is 1070. The van der Waals surface area contributed by atoms with Crippen LogP contribution >= 0.6 is 11.6 Å². The number of para-hydroxylation sites is 1. The first-order valence-corrected chi connectivity index (χ1v) is 11.7. The second kappa shape index (κ2) is 9.25. The maximum atomic E-state index is 13.4. The zero-order valence-electron chi connectivity index (χ0n) is 18.1. The Morgan fingerprint density at radius 2 is 1.69 bits per heavy atom. The van der Waals surface area contributed by atoms with Gasteiger partial charge in [-0.1, -0.05) is 60.1 Å². The van der Waals surface area contributed by atoms with Gasteiger partial charge in [-0.25, -0.2) is 0 Å². The molecule has 0 aromatic heterocycles. The average Bonchev–Trinajstić information content (AvgIpc) is 2.84. The Hall–Kier alpha value is -2.98. The molecule has 2 unspecified atom stereocenters. The van der Waals surface area contributed by atoms with Crippen LogP contribution in [0.3, 0.4) is 0 Å². The van der Waals surface area contributed by atoms with Crippen LogP contribution in [0.5, 0.6) is 0 Å². The topological polar surface area (TPSA) is 35.6 Å². The Morgan fingerprint density at radius 1 is 0.938 bits per heavy atom. The minimum absolute atomic E-state index is 0.0734. The van der Waals surface area contributed by atoms with Crippen LogP contribution in [0.25, 0.3) is 0 Å². The normalized spacial score (nSPS) is 19.8. The van der Waals surface area contributed by atoms with Gasteiger partial charge < -0.3 is 15.1 Å². The van der Waals surface area contributed by atoms with Crippen LogP contribution in [-0.4, -0.2) is 38.1 Å². The fraction of sp³-hybridized carbons (Fsp3) is 0.296. The third kappa shape index (κ3) is 4.33. The SMILES string of the molecule is O=C(NCCc1ccccc1)C1Cc2ccccc2N2CCN(c3ccc(Cl)cc3)CC12. The largest absolute Gasteiger partial charge is 0.368 e. The van der Waals surface area contributed by atoms with E-state index in [1.807, 2.05) is 30.3 Å². The molecular formula is C27H28ClN3O. The number of anilines is 2. The zero-order valence-corrected chi connectivity index (χ0v) is 18.8. The number of carbonyl (C=O) groups excluding carboxylic acids is 1. The third-order valence-corrected chi connectivity index (χ3v) is 6.96. The lowest BCUT2D eigenvalue weighted by Gasteiger charge is -2.49. The summed E-state index contributed by atoms with van der Waals surface area (Å²) in [4.78, 5) is 18.2.